The van der Waals surface area contributed by atoms with E-state index in [2.05, 4.69) is 19.2 Å². The molecular weight excluding hydrogens is 274 g/mol. The molecule has 1 aromatic rings. The minimum Gasteiger partial charge on any atom is -0.477 e. The first kappa shape index (κ1) is 15.0. The molecule has 20 heavy (non-hydrogen) atoms. The van der Waals surface area contributed by atoms with Gasteiger partial charge in [-0.2, -0.15) is 0 Å². The number of carbonyl (C=O) groups is 2. The molecule has 2 N–H and O–H groups in total. The van der Waals surface area contributed by atoms with Gasteiger partial charge in [-0.1, -0.05) is 20.3 Å². The van der Waals surface area contributed by atoms with E-state index >= 15 is 0 Å². The van der Waals surface area contributed by atoms with Crippen molar-refractivity contribution in [3.8, 4) is 0 Å². The fourth-order valence-electron chi connectivity index (χ4n) is 2.85. The number of thiophene rings is 1. The molecule has 5 heteroatoms. The molecule has 0 saturated heterocycles. The van der Waals surface area contributed by atoms with Crippen LogP contribution >= 0.6 is 11.3 Å². The molecule has 1 aromatic heterocycles. The first-order valence-corrected chi connectivity index (χ1v) is 7.85. The number of carboxylic acids is 1. The molecule has 4 nitrogen and oxygen atoms in total. The smallest absolute Gasteiger partial charge is 0.345 e. The number of hydrogen-bond donors (Lipinski definition) is 2. The standard InChI is InChI=1S/C15H21NO3S/c1-10(2)8-15(6-3-7-15)14(19)16-9-11-4-5-12(20-11)13(17)18/h4-5,10H,3,6-9H2,1-2H3,(H,16,19)(H,17,18). The van der Waals surface area contributed by atoms with Crippen LogP contribution in [0.2, 0.25) is 0 Å². The van der Waals surface area contributed by atoms with Crippen LogP contribution in [-0.2, 0) is 11.3 Å². The third-order valence-corrected chi connectivity index (χ3v) is 4.96. The highest BCUT2D eigenvalue weighted by atomic mass is 32.1. The van der Waals surface area contributed by atoms with Crippen LogP contribution in [0.15, 0.2) is 12.1 Å². The van der Waals surface area contributed by atoms with Crippen LogP contribution in [0.25, 0.3) is 0 Å². The topological polar surface area (TPSA) is 66.4 Å². The first-order chi connectivity index (χ1) is 9.43. The average molecular weight is 295 g/mol. The van der Waals surface area contributed by atoms with E-state index in [4.69, 9.17) is 5.11 Å². The average Bonchev–Trinajstić information content (AvgIpc) is 2.79. The molecule has 110 valence electrons. The summed E-state index contributed by atoms with van der Waals surface area (Å²) in [6.45, 7) is 4.72. The van der Waals surface area contributed by atoms with E-state index in [-0.39, 0.29) is 11.3 Å². The number of amides is 1. The molecule has 0 bridgehead atoms. The number of carbonyl (C=O) groups excluding carboxylic acids is 1. The van der Waals surface area contributed by atoms with Crippen LogP contribution < -0.4 is 5.32 Å². The zero-order chi connectivity index (χ0) is 14.8. The Hall–Kier alpha value is -1.36. The van der Waals surface area contributed by atoms with E-state index in [9.17, 15) is 9.59 Å². The molecule has 0 unspecified atom stereocenters. The second-order valence-corrected chi connectivity index (χ2v) is 7.15. The Morgan fingerprint density at radius 2 is 2.10 bits per heavy atom. The summed E-state index contributed by atoms with van der Waals surface area (Å²) < 4.78 is 0. The van der Waals surface area contributed by atoms with Gasteiger partial charge < -0.3 is 10.4 Å². The molecule has 0 spiro atoms. The zero-order valence-corrected chi connectivity index (χ0v) is 12.8. The molecule has 1 saturated carbocycles. The van der Waals surface area contributed by atoms with Crippen molar-refractivity contribution in [1.29, 1.82) is 0 Å². The number of nitrogens with one attached hydrogen (secondary N) is 1. The lowest BCUT2D eigenvalue weighted by Crippen LogP contribution is -2.46. The number of carboxylic acid groups (broad SMARTS) is 1. The van der Waals surface area contributed by atoms with E-state index in [0.717, 1.165) is 30.6 Å². The number of rotatable bonds is 6. The highest BCUT2D eigenvalue weighted by Crippen LogP contribution is 2.46. The second kappa shape index (κ2) is 5.95. The van der Waals surface area contributed by atoms with Gasteiger partial charge >= 0.3 is 5.97 Å². The Balaban J connectivity index is 1.92. The molecule has 1 heterocycles. The quantitative estimate of drug-likeness (QED) is 0.846. The summed E-state index contributed by atoms with van der Waals surface area (Å²) in [6.07, 6.45) is 4.01. The minimum absolute atomic E-state index is 0.128. The SMILES string of the molecule is CC(C)CC1(C(=O)NCc2ccc(C(=O)O)s2)CCC1. The van der Waals surface area contributed by atoms with Crippen LogP contribution in [0.5, 0.6) is 0 Å². The Morgan fingerprint density at radius 1 is 1.40 bits per heavy atom. The van der Waals surface area contributed by atoms with Gasteiger partial charge in [0.05, 0.1) is 6.54 Å². The highest BCUT2D eigenvalue weighted by molar-refractivity contribution is 7.13. The van der Waals surface area contributed by atoms with Gasteiger partial charge in [0.1, 0.15) is 4.88 Å². The van der Waals surface area contributed by atoms with Gasteiger partial charge in [0.15, 0.2) is 0 Å². The lowest BCUT2D eigenvalue weighted by Gasteiger charge is -2.41. The lowest BCUT2D eigenvalue weighted by atomic mass is 9.64. The molecule has 1 amide bonds. The van der Waals surface area contributed by atoms with Crippen LogP contribution in [-0.4, -0.2) is 17.0 Å². The number of aromatic carboxylic acids is 1. The van der Waals surface area contributed by atoms with Gasteiger partial charge in [-0.3, -0.25) is 4.79 Å². The summed E-state index contributed by atoms with van der Waals surface area (Å²) in [5.41, 5.74) is -0.180. The Kier molecular flexibility index (Phi) is 4.48. The lowest BCUT2D eigenvalue weighted by molar-refractivity contribution is -0.137. The van der Waals surface area contributed by atoms with E-state index in [0.29, 0.717) is 17.3 Å². The highest BCUT2D eigenvalue weighted by Gasteiger charge is 2.43. The summed E-state index contributed by atoms with van der Waals surface area (Å²) in [5.74, 6) is -0.271. The summed E-state index contributed by atoms with van der Waals surface area (Å²) in [4.78, 5) is 24.4. The van der Waals surface area contributed by atoms with Crippen molar-refractivity contribution < 1.29 is 14.7 Å². The molecule has 2 rings (SSSR count). The van der Waals surface area contributed by atoms with E-state index in [1.807, 2.05) is 0 Å². The third kappa shape index (κ3) is 3.20. The molecule has 1 aliphatic rings. The Morgan fingerprint density at radius 3 is 2.55 bits per heavy atom. The molecule has 0 radical (unpaired) electrons. The minimum atomic E-state index is -0.914. The van der Waals surface area contributed by atoms with Gasteiger partial charge in [-0.05, 0) is 37.3 Å². The van der Waals surface area contributed by atoms with Gasteiger partial charge in [-0.25, -0.2) is 4.79 Å². The van der Waals surface area contributed by atoms with E-state index < -0.39 is 5.97 Å². The van der Waals surface area contributed by atoms with Gasteiger partial charge in [0.25, 0.3) is 0 Å². The molecule has 1 fully saturated rings. The second-order valence-electron chi connectivity index (χ2n) is 5.99. The fraction of sp³-hybridized carbons (Fsp3) is 0.600. The van der Waals surface area contributed by atoms with E-state index in [1.54, 1.807) is 12.1 Å². The predicted molar refractivity (Wildman–Crippen MR) is 78.9 cm³/mol. The molecule has 0 aromatic carbocycles. The Bertz CT molecular complexity index is 503. The number of hydrogen-bond acceptors (Lipinski definition) is 3. The normalized spacial score (nSPS) is 16.8. The summed E-state index contributed by atoms with van der Waals surface area (Å²) in [5, 5.41) is 11.9. The third-order valence-electron chi connectivity index (χ3n) is 3.89. The van der Waals surface area contributed by atoms with Gasteiger partial charge in [-0.15, -0.1) is 11.3 Å². The monoisotopic (exact) mass is 295 g/mol. The summed E-state index contributed by atoms with van der Waals surface area (Å²) in [7, 11) is 0. The van der Waals surface area contributed by atoms with Crippen LogP contribution in [0, 0.1) is 11.3 Å². The molecule has 0 atom stereocenters. The summed E-state index contributed by atoms with van der Waals surface area (Å²) >= 11 is 1.22. The maximum Gasteiger partial charge on any atom is 0.345 e. The van der Waals surface area contributed by atoms with Crippen LogP contribution in [0.4, 0.5) is 0 Å². The van der Waals surface area contributed by atoms with Crippen molar-refractivity contribution in [3.63, 3.8) is 0 Å². The predicted octanol–water partition coefficient (Wildman–Crippen LogP) is 3.28. The maximum absolute atomic E-state index is 12.4. The van der Waals surface area contributed by atoms with Crippen molar-refractivity contribution in [2.24, 2.45) is 11.3 Å². The molecule has 1 aliphatic carbocycles. The molecular formula is C15H21NO3S. The Labute approximate surface area is 123 Å². The van der Waals surface area contributed by atoms with Crippen LogP contribution in [0.1, 0.15) is 54.1 Å². The maximum atomic E-state index is 12.4. The van der Waals surface area contributed by atoms with E-state index in [1.165, 1.54) is 11.3 Å². The van der Waals surface area contributed by atoms with Crippen molar-refractivity contribution in [2.75, 3.05) is 0 Å². The van der Waals surface area contributed by atoms with Crippen molar-refractivity contribution in [2.45, 2.75) is 46.1 Å². The fourth-order valence-corrected chi connectivity index (χ4v) is 3.64. The zero-order valence-electron chi connectivity index (χ0n) is 11.9. The van der Waals surface area contributed by atoms with Gasteiger partial charge in [0, 0.05) is 10.3 Å². The van der Waals surface area contributed by atoms with Crippen molar-refractivity contribution >= 4 is 23.2 Å². The summed E-state index contributed by atoms with van der Waals surface area (Å²) in [6, 6.07) is 3.35. The van der Waals surface area contributed by atoms with Crippen molar-refractivity contribution in [3.05, 3.63) is 21.9 Å². The van der Waals surface area contributed by atoms with Crippen LogP contribution in [0.3, 0.4) is 0 Å². The van der Waals surface area contributed by atoms with Gasteiger partial charge in [0.2, 0.25) is 5.91 Å². The van der Waals surface area contributed by atoms with Crippen molar-refractivity contribution in [1.82, 2.24) is 5.32 Å². The molecule has 0 aliphatic heterocycles. The largest absolute Gasteiger partial charge is 0.477 e. The first-order valence-electron chi connectivity index (χ1n) is 7.03.